The van der Waals surface area contributed by atoms with Crippen molar-refractivity contribution in [3.05, 3.63) is 0 Å². The van der Waals surface area contributed by atoms with E-state index in [9.17, 15) is 4.79 Å². The van der Waals surface area contributed by atoms with Crippen molar-refractivity contribution in [1.29, 1.82) is 0 Å². The van der Waals surface area contributed by atoms with Crippen molar-refractivity contribution in [1.82, 2.24) is 4.90 Å². The predicted octanol–water partition coefficient (Wildman–Crippen LogP) is 1.02. The Hall–Kier alpha value is -0.530. The lowest BCUT2D eigenvalue weighted by Gasteiger charge is -1.90. The number of amides is 1. The van der Waals surface area contributed by atoms with E-state index >= 15 is 0 Å². The van der Waals surface area contributed by atoms with Gasteiger partial charge in [0, 0.05) is 7.05 Å². The third kappa shape index (κ3) is 1.23. The maximum absolute atomic E-state index is 10.6. The maximum Gasteiger partial charge on any atom is 0.245 e. The largest absolute Gasteiger partial charge is 0.332 e. The molecule has 0 N–H and O–H groups in total. The van der Waals surface area contributed by atoms with Gasteiger partial charge < -0.3 is 4.90 Å². The predicted molar refractivity (Wildman–Crippen MR) is 36.1 cm³/mol. The summed E-state index contributed by atoms with van der Waals surface area (Å²) in [7, 11) is 1.86. The molecule has 1 heterocycles. The van der Waals surface area contributed by atoms with E-state index in [0.29, 0.717) is 5.91 Å². The molecule has 1 amide bonds. The minimum absolute atomic E-state index is 0.282. The Labute approximate surface area is 55.8 Å². The first-order valence-corrected chi connectivity index (χ1v) is 3.54. The van der Waals surface area contributed by atoms with Gasteiger partial charge in [0.2, 0.25) is 5.91 Å². The second kappa shape index (κ2) is 2.38. The molecule has 0 aromatic carbocycles. The van der Waals surface area contributed by atoms with Gasteiger partial charge in [-0.1, -0.05) is 19.8 Å². The van der Waals surface area contributed by atoms with Crippen LogP contribution in [0, 0.1) is 0 Å². The molecular formula is C7H13NO. The van der Waals surface area contributed by atoms with Gasteiger partial charge in [-0.3, -0.25) is 4.79 Å². The Balaban J connectivity index is 2.11. The van der Waals surface area contributed by atoms with Gasteiger partial charge in [-0.25, -0.2) is 0 Å². The molecule has 0 spiro atoms. The standard InChI is InChI=1S/C7H13NO/c1-3-4-5-6-7(9)8(6)2/h6H,3-5H2,1-2H3. The highest BCUT2D eigenvalue weighted by atomic mass is 16.2. The molecule has 9 heavy (non-hydrogen) atoms. The molecule has 1 rings (SSSR count). The first kappa shape index (κ1) is 6.59. The van der Waals surface area contributed by atoms with Gasteiger partial charge in [0.15, 0.2) is 0 Å². The van der Waals surface area contributed by atoms with Gasteiger partial charge in [0.05, 0.1) is 0 Å². The van der Waals surface area contributed by atoms with E-state index in [2.05, 4.69) is 6.92 Å². The zero-order valence-corrected chi connectivity index (χ0v) is 6.05. The molecule has 1 atom stereocenters. The van der Waals surface area contributed by atoms with Gasteiger partial charge in [-0.2, -0.15) is 0 Å². The maximum atomic E-state index is 10.6. The third-order valence-electron chi connectivity index (χ3n) is 1.86. The molecule has 1 unspecified atom stereocenters. The van der Waals surface area contributed by atoms with Crippen LogP contribution in [0.4, 0.5) is 0 Å². The summed E-state index contributed by atoms with van der Waals surface area (Å²) in [6, 6.07) is 0.282. The second-order valence-corrected chi connectivity index (χ2v) is 2.61. The van der Waals surface area contributed by atoms with E-state index in [1.807, 2.05) is 7.05 Å². The molecule has 0 radical (unpaired) electrons. The smallest absolute Gasteiger partial charge is 0.245 e. The molecule has 0 aromatic rings. The molecular weight excluding hydrogens is 114 g/mol. The Morgan fingerprint density at radius 1 is 1.67 bits per heavy atom. The molecule has 1 aliphatic rings. The molecule has 0 aliphatic carbocycles. The summed E-state index contributed by atoms with van der Waals surface area (Å²) >= 11 is 0. The minimum atomic E-state index is 0.282. The highest BCUT2D eigenvalue weighted by molar-refractivity contribution is 5.96. The van der Waals surface area contributed by atoms with E-state index in [1.54, 1.807) is 4.90 Å². The van der Waals surface area contributed by atoms with E-state index in [0.717, 1.165) is 6.42 Å². The van der Waals surface area contributed by atoms with Crippen LogP contribution in [-0.4, -0.2) is 23.9 Å². The summed E-state index contributed by atoms with van der Waals surface area (Å²) in [5.74, 6) is 0.323. The Kier molecular flexibility index (Phi) is 1.74. The van der Waals surface area contributed by atoms with Crippen LogP contribution in [0.15, 0.2) is 0 Å². The highest BCUT2D eigenvalue weighted by Gasteiger charge is 2.40. The second-order valence-electron chi connectivity index (χ2n) is 2.61. The SMILES string of the molecule is CCCCC1C(=O)N1C. The van der Waals surface area contributed by atoms with Gasteiger partial charge in [-0.15, -0.1) is 0 Å². The van der Waals surface area contributed by atoms with Crippen LogP contribution in [0.3, 0.4) is 0 Å². The van der Waals surface area contributed by atoms with Crippen molar-refractivity contribution in [3.8, 4) is 0 Å². The number of hydrogen-bond donors (Lipinski definition) is 0. The molecule has 0 saturated carbocycles. The highest BCUT2D eigenvalue weighted by Crippen LogP contribution is 2.21. The number of likely N-dealkylation sites (N-methyl/N-ethyl adjacent to an activating group) is 1. The van der Waals surface area contributed by atoms with Crippen molar-refractivity contribution in [2.75, 3.05) is 7.05 Å². The molecule has 1 fully saturated rings. The lowest BCUT2D eigenvalue weighted by atomic mass is 10.2. The van der Waals surface area contributed by atoms with Gasteiger partial charge >= 0.3 is 0 Å². The van der Waals surface area contributed by atoms with E-state index in [1.165, 1.54) is 12.8 Å². The van der Waals surface area contributed by atoms with Crippen LogP contribution >= 0.6 is 0 Å². The number of rotatable bonds is 3. The number of nitrogens with zero attached hydrogens (tertiary/aromatic N) is 1. The van der Waals surface area contributed by atoms with Crippen molar-refractivity contribution < 1.29 is 4.79 Å². The molecule has 52 valence electrons. The fourth-order valence-corrected chi connectivity index (χ4v) is 1.03. The molecule has 1 aliphatic heterocycles. The lowest BCUT2D eigenvalue weighted by molar-refractivity contribution is -0.113. The van der Waals surface area contributed by atoms with Crippen molar-refractivity contribution in [2.45, 2.75) is 32.2 Å². The normalized spacial score (nSPS) is 24.9. The van der Waals surface area contributed by atoms with Crippen molar-refractivity contribution in [3.63, 3.8) is 0 Å². The molecule has 2 nitrogen and oxygen atoms in total. The lowest BCUT2D eigenvalue weighted by Crippen LogP contribution is -1.92. The van der Waals surface area contributed by atoms with Crippen LogP contribution in [0.2, 0.25) is 0 Å². The summed E-state index contributed by atoms with van der Waals surface area (Å²) in [5, 5.41) is 0. The summed E-state index contributed by atoms with van der Waals surface area (Å²) in [6.45, 7) is 2.15. The van der Waals surface area contributed by atoms with Gasteiger partial charge in [0.25, 0.3) is 0 Å². The summed E-state index contributed by atoms with van der Waals surface area (Å²) in [6.07, 6.45) is 3.43. The quantitative estimate of drug-likeness (QED) is 0.518. The summed E-state index contributed by atoms with van der Waals surface area (Å²) in [5.41, 5.74) is 0. The zero-order valence-electron chi connectivity index (χ0n) is 6.05. The van der Waals surface area contributed by atoms with E-state index in [4.69, 9.17) is 0 Å². The molecule has 0 aromatic heterocycles. The van der Waals surface area contributed by atoms with Crippen LogP contribution in [0.1, 0.15) is 26.2 Å². The molecule has 0 bridgehead atoms. The zero-order chi connectivity index (χ0) is 6.85. The van der Waals surface area contributed by atoms with Crippen LogP contribution < -0.4 is 0 Å². The van der Waals surface area contributed by atoms with Crippen LogP contribution in [0.5, 0.6) is 0 Å². The molecule has 2 heteroatoms. The number of unbranched alkanes of at least 4 members (excludes halogenated alkanes) is 1. The Morgan fingerprint density at radius 2 is 2.22 bits per heavy atom. The first-order chi connectivity index (χ1) is 4.27. The summed E-state index contributed by atoms with van der Waals surface area (Å²) < 4.78 is 0. The van der Waals surface area contributed by atoms with Gasteiger partial charge in [0.1, 0.15) is 6.04 Å². The average Bonchev–Trinajstić information content (AvgIpc) is 2.39. The van der Waals surface area contributed by atoms with Crippen LogP contribution in [-0.2, 0) is 4.79 Å². The third-order valence-corrected chi connectivity index (χ3v) is 1.86. The number of carbonyl (C=O) groups excluding carboxylic acids is 1. The number of hydrogen-bond acceptors (Lipinski definition) is 1. The van der Waals surface area contributed by atoms with Crippen molar-refractivity contribution >= 4 is 5.91 Å². The van der Waals surface area contributed by atoms with Crippen LogP contribution in [0.25, 0.3) is 0 Å². The fourth-order valence-electron chi connectivity index (χ4n) is 1.03. The van der Waals surface area contributed by atoms with E-state index < -0.39 is 0 Å². The minimum Gasteiger partial charge on any atom is -0.332 e. The monoisotopic (exact) mass is 127 g/mol. The Morgan fingerprint density at radius 3 is 2.56 bits per heavy atom. The topological polar surface area (TPSA) is 20.1 Å². The average molecular weight is 127 g/mol. The molecule has 1 saturated heterocycles. The van der Waals surface area contributed by atoms with Crippen molar-refractivity contribution in [2.24, 2.45) is 0 Å². The fraction of sp³-hybridized carbons (Fsp3) is 0.857. The first-order valence-electron chi connectivity index (χ1n) is 3.54. The Bertz CT molecular complexity index is 122. The van der Waals surface area contributed by atoms with Gasteiger partial charge in [-0.05, 0) is 6.42 Å². The van der Waals surface area contributed by atoms with E-state index in [-0.39, 0.29) is 6.04 Å². The summed E-state index contributed by atoms with van der Waals surface area (Å²) in [4.78, 5) is 12.5. The number of carbonyl (C=O) groups is 1.